The quantitative estimate of drug-likeness (QED) is 0.293. The predicted octanol–water partition coefficient (Wildman–Crippen LogP) is 8.52. The van der Waals surface area contributed by atoms with Crippen molar-refractivity contribution in [2.75, 3.05) is 0 Å². The van der Waals surface area contributed by atoms with E-state index in [-0.39, 0.29) is 5.78 Å². The van der Waals surface area contributed by atoms with Crippen LogP contribution in [-0.4, -0.2) is 23.6 Å². The first kappa shape index (κ1) is 27.9. The van der Waals surface area contributed by atoms with Gasteiger partial charge in [0.25, 0.3) is 0 Å². The Labute approximate surface area is 216 Å². The molecule has 0 unspecified atom stereocenters. The average molecular weight is 578 g/mol. The molecular formula is C28H38Br2N2O. The minimum Gasteiger partial charge on any atom is -0.328 e. The number of nitrogens with two attached hydrogens (primary N) is 1. The number of nitrogens with zero attached hydrogens (tertiary/aromatic N) is 1. The summed E-state index contributed by atoms with van der Waals surface area (Å²) in [5.41, 5.74) is 8.81. The molecule has 0 aromatic heterocycles. The third kappa shape index (κ3) is 11.6. The Balaban J connectivity index is 0.000000193. The third-order valence-electron chi connectivity index (χ3n) is 6.11. The van der Waals surface area contributed by atoms with Crippen LogP contribution in [-0.2, 0) is 0 Å². The molecule has 2 N–H and O–H groups in total. The maximum Gasteiger partial charge on any atom is 0.159 e. The Morgan fingerprint density at radius 3 is 1.55 bits per heavy atom. The van der Waals surface area contributed by atoms with Gasteiger partial charge in [0.15, 0.2) is 5.78 Å². The first-order valence-electron chi connectivity index (χ1n) is 12.2. The molecule has 2 aromatic rings. The summed E-state index contributed by atoms with van der Waals surface area (Å²) in [6, 6.07) is 16.8. The van der Waals surface area contributed by atoms with E-state index in [0.29, 0.717) is 12.1 Å². The highest BCUT2D eigenvalue weighted by molar-refractivity contribution is 9.10. The summed E-state index contributed by atoms with van der Waals surface area (Å²) in [6.45, 7) is 3.68. The number of aliphatic imine (C=N–C) groups is 1. The molecule has 4 rings (SSSR count). The van der Waals surface area contributed by atoms with Gasteiger partial charge in [0, 0.05) is 26.3 Å². The molecule has 0 aliphatic heterocycles. The molecule has 5 heteroatoms. The monoisotopic (exact) mass is 576 g/mol. The standard InChI is InChI=1S/C14H18BrN.C8H7BrO.C6H13N/c1-11(12-7-9-13(15)10-8-12)16-14-5-3-2-4-6-14;1-6(10)7-2-4-8(9)5-3-7;7-6-4-2-1-3-5-6/h7-10,14H,2-6H2,1H3;2-5H,1H3;6H,1-5,7H2. The van der Waals surface area contributed by atoms with Gasteiger partial charge in [0.2, 0.25) is 0 Å². The van der Waals surface area contributed by atoms with Gasteiger partial charge >= 0.3 is 0 Å². The Kier molecular flexibility index (Phi) is 13.2. The van der Waals surface area contributed by atoms with Crippen LogP contribution in [0.5, 0.6) is 0 Å². The third-order valence-corrected chi connectivity index (χ3v) is 7.17. The molecule has 0 radical (unpaired) electrons. The number of hydrogen-bond acceptors (Lipinski definition) is 3. The highest BCUT2D eigenvalue weighted by Crippen LogP contribution is 2.21. The van der Waals surface area contributed by atoms with Crippen molar-refractivity contribution in [1.82, 2.24) is 0 Å². The molecule has 0 saturated heterocycles. The number of carbonyl (C=O) groups is 1. The summed E-state index contributed by atoms with van der Waals surface area (Å²) in [7, 11) is 0. The first-order valence-corrected chi connectivity index (χ1v) is 13.8. The van der Waals surface area contributed by atoms with E-state index in [1.165, 1.54) is 75.5 Å². The van der Waals surface area contributed by atoms with E-state index in [9.17, 15) is 4.79 Å². The number of halogens is 2. The Hall–Kier alpha value is -1.30. The second-order valence-electron chi connectivity index (χ2n) is 8.97. The second-order valence-corrected chi connectivity index (χ2v) is 10.8. The van der Waals surface area contributed by atoms with Crippen molar-refractivity contribution in [1.29, 1.82) is 0 Å². The Bertz CT molecular complexity index is 850. The molecule has 3 nitrogen and oxygen atoms in total. The van der Waals surface area contributed by atoms with E-state index in [0.717, 1.165) is 14.5 Å². The van der Waals surface area contributed by atoms with Gasteiger partial charge < -0.3 is 5.73 Å². The summed E-state index contributed by atoms with van der Waals surface area (Å²) < 4.78 is 2.12. The maximum atomic E-state index is 10.7. The smallest absolute Gasteiger partial charge is 0.159 e. The van der Waals surface area contributed by atoms with Crippen LogP contribution >= 0.6 is 31.9 Å². The van der Waals surface area contributed by atoms with E-state index in [1.54, 1.807) is 19.1 Å². The Morgan fingerprint density at radius 1 is 0.727 bits per heavy atom. The van der Waals surface area contributed by atoms with Crippen LogP contribution in [0, 0.1) is 0 Å². The SMILES string of the molecule is CC(=NC1CCCCC1)c1ccc(Br)cc1.CC(=O)c1ccc(Br)cc1.NC1CCCCC1. The van der Waals surface area contributed by atoms with Crippen molar-refractivity contribution in [3.63, 3.8) is 0 Å². The van der Waals surface area contributed by atoms with Crippen molar-refractivity contribution in [3.05, 3.63) is 68.6 Å². The van der Waals surface area contributed by atoms with Crippen molar-refractivity contribution in [2.24, 2.45) is 10.7 Å². The number of benzene rings is 2. The number of ketones is 1. The minimum absolute atomic E-state index is 0.104. The minimum atomic E-state index is 0.104. The molecule has 0 atom stereocenters. The highest BCUT2D eigenvalue weighted by atomic mass is 79.9. The summed E-state index contributed by atoms with van der Waals surface area (Å²) in [5.74, 6) is 0.104. The highest BCUT2D eigenvalue weighted by Gasteiger charge is 2.12. The van der Waals surface area contributed by atoms with Gasteiger partial charge in [0.1, 0.15) is 0 Å². The van der Waals surface area contributed by atoms with E-state index in [2.05, 4.69) is 63.0 Å². The van der Waals surface area contributed by atoms with Gasteiger partial charge in [-0.3, -0.25) is 9.79 Å². The van der Waals surface area contributed by atoms with Crippen LogP contribution in [0.2, 0.25) is 0 Å². The van der Waals surface area contributed by atoms with Crippen LogP contribution in [0.25, 0.3) is 0 Å². The van der Waals surface area contributed by atoms with Gasteiger partial charge in [-0.2, -0.15) is 0 Å². The first-order chi connectivity index (χ1) is 15.8. The van der Waals surface area contributed by atoms with Crippen LogP contribution in [0.3, 0.4) is 0 Å². The summed E-state index contributed by atoms with van der Waals surface area (Å²) in [6.07, 6.45) is 13.3. The maximum absolute atomic E-state index is 10.7. The molecular weight excluding hydrogens is 540 g/mol. The molecule has 0 amide bonds. The second kappa shape index (κ2) is 15.6. The molecule has 2 aliphatic rings. The van der Waals surface area contributed by atoms with Crippen LogP contribution in [0.15, 0.2) is 62.5 Å². The Morgan fingerprint density at radius 2 is 1.15 bits per heavy atom. The normalized spacial score (nSPS) is 17.3. The average Bonchev–Trinajstić information content (AvgIpc) is 2.82. The number of rotatable bonds is 3. The lowest BCUT2D eigenvalue weighted by Crippen LogP contribution is -2.22. The zero-order valence-electron chi connectivity index (χ0n) is 20.0. The zero-order chi connectivity index (χ0) is 24.1. The summed E-state index contributed by atoms with van der Waals surface area (Å²) in [5, 5.41) is 0. The van der Waals surface area contributed by atoms with Crippen LogP contribution < -0.4 is 5.73 Å². The van der Waals surface area contributed by atoms with Crippen molar-refractivity contribution >= 4 is 43.4 Å². The van der Waals surface area contributed by atoms with Gasteiger partial charge in [-0.05, 0) is 69.4 Å². The predicted molar refractivity (Wildman–Crippen MR) is 148 cm³/mol. The molecule has 0 heterocycles. The van der Waals surface area contributed by atoms with Gasteiger partial charge in [-0.25, -0.2) is 0 Å². The lowest BCUT2D eigenvalue weighted by atomic mass is 9.96. The largest absolute Gasteiger partial charge is 0.328 e. The van der Waals surface area contributed by atoms with Crippen LogP contribution in [0.4, 0.5) is 0 Å². The fourth-order valence-electron chi connectivity index (χ4n) is 4.07. The van der Waals surface area contributed by atoms with Crippen molar-refractivity contribution < 1.29 is 4.79 Å². The van der Waals surface area contributed by atoms with Crippen LogP contribution in [0.1, 0.15) is 94.0 Å². The molecule has 2 aromatic carbocycles. The molecule has 2 saturated carbocycles. The van der Waals surface area contributed by atoms with Crippen molar-refractivity contribution in [2.45, 2.75) is 90.1 Å². The molecule has 2 aliphatic carbocycles. The fraction of sp³-hybridized carbons (Fsp3) is 0.500. The fourth-order valence-corrected chi connectivity index (χ4v) is 4.60. The van der Waals surface area contributed by atoms with E-state index < -0.39 is 0 Å². The van der Waals surface area contributed by atoms with Gasteiger partial charge in [-0.1, -0.05) is 94.7 Å². The molecule has 33 heavy (non-hydrogen) atoms. The number of Topliss-reactive ketones (excluding diaryl/α,β-unsaturated/α-hetero) is 1. The van der Waals surface area contributed by atoms with Crippen molar-refractivity contribution in [3.8, 4) is 0 Å². The summed E-state index contributed by atoms with van der Waals surface area (Å²) >= 11 is 6.74. The lowest BCUT2D eigenvalue weighted by Gasteiger charge is -2.18. The molecule has 180 valence electrons. The topological polar surface area (TPSA) is 55.5 Å². The molecule has 2 fully saturated rings. The number of carbonyl (C=O) groups excluding carboxylic acids is 1. The van der Waals surface area contributed by atoms with Gasteiger partial charge in [-0.15, -0.1) is 0 Å². The number of hydrogen-bond donors (Lipinski definition) is 1. The van der Waals surface area contributed by atoms with E-state index in [4.69, 9.17) is 10.7 Å². The lowest BCUT2D eigenvalue weighted by molar-refractivity contribution is 0.101. The summed E-state index contributed by atoms with van der Waals surface area (Å²) in [4.78, 5) is 15.6. The van der Waals surface area contributed by atoms with Gasteiger partial charge in [0.05, 0.1) is 6.04 Å². The zero-order valence-corrected chi connectivity index (χ0v) is 23.2. The van der Waals surface area contributed by atoms with E-state index in [1.807, 2.05) is 12.1 Å². The molecule has 0 spiro atoms. The van der Waals surface area contributed by atoms with E-state index >= 15 is 0 Å². The molecule has 0 bridgehead atoms.